The molecule has 0 unspecified atom stereocenters. The van der Waals surface area contributed by atoms with E-state index in [0.29, 0.717) is 0 Å². The Morgan fingerprint density at radius 3 is 2.92 bits per heavy atom. The number of piperidine rings is 1. The molecule has 2 nitrogen and oxygen atoms in total. The molecule has 2 heteroatoms. The second-order valence-electron chi connectivity index (χ2n) is 4.24. The zero-order chi connectivity index (χ0) is 9.52. The molecule has 0 aromatic rings. The first-order chi connectivity index (χ1) is 6.34. The van der Waals surface area contributed by atoms with Crippen LogP contribution in [0.25, 0.3) is 0 Å². The molecular weight excluding hydrogens is 160 g/mol. The third-order valence-corrected chi connectivity index (χ3v) is 2.93. The minimum atomic E-state index is 0.762. The Hall–Kier alpha value is -0.0800. The van der Waals surface area contributed by atoms with E-state index >= 15 is 0 Å². The van der Waals surface area contributed by atoms with Crippen molar-refractivity contribution in [1.29, 1.82) is 0 Å². The van der Waals surface area contributed by atoms with Gasteiger partial charge >= 0.3 is 0 Å². The van der Waals surface area contributed by atoms with Crippen molar-refractivity contribution in [3.63, 3.8) is 0 Å². The van der Waals surface area contributed by atoms with E-state index in [2.05, 4.69) is 24.5 Å². The van der Waals surface area contributed by atoms with Crippen LogP contribution in [0, 0.1) is 5.92 Å². The van der Waals surface area contributed by atoms with Crippen LogP contribution in [0.4, 0.5) is 0 Å². The molecule has 1 heterocycles. The van der Waals surface area contributed by atoms with Crippen molar-refractivity contribution in [2.75, 3.05) is 19.6 Å². The van der Waals surface area contributed by atoms with Crippen molar-refractivity contribution >= 4 is 0 Å². The van der Waals surface area contributed by atoms with E-state index in [1.807, 2.05) is 0 Å². The predicted octanol–water partition coefficient (Wildman–Crippen LogP) is 1.76. The molecule has 1 saturated heterocycles. The van der Waals surface area contributed by atoms with Crippen molar-refractivity contribution in [2.24, 2.45) is 5.92 Å². The zero-order valence-electron chi connectivity index (χ0n) is 9.10. The zero-order valence-corrected chi connectivity index (χ0v) is 9.10. The van der Waals surface area contributed by atoms with Crippen molar-refractivity contribution < 1.29 is 0 Å². The molecule has 2 N–H and O–H groups in total. The predicted molar refractivity (Wildman–Crippen MR) is 58.0 cm³/mol. The van der Waals surface area contributed by atoms with Crippen LogP contribution in [0.2, 0.25) is 0 Å². The maximum atomic E-state index is 3.61. The maximum absolute atomic E-state index is 3.61. The standard InChI is InChI=1S/C11H24N2/c1-3-7-12-9-10(2)11-6-4-5-8-13-11/h10-13H,3-9H2,1-2H3/t10-,11-/m1/s1. The average Bonchev–Trinajstić information content (AvgIpc) is 2.19. The molecule has 1 aliphatic rings. The largest absolute Gasteiger partial charge is 0.316 e. The summed E-state index contributed by atoms with van der Waals surface area (Å²) in [4.78, 5) is 0. The molecule has 0 aromatic carbocycles. The highest BCUT2D eigenvalue weighted by Crippen LogP contribution is 2.14. The van der Waals surface area contributed by atoms with Crippen molar-refractivity contribution in [3.05, 3.63) is 0 Å². The Balaban J connectivity index is 2.09. The third kappa shape index (κ3) is 4.10. The maximum Gasteiger partial charge on any atom is 0.0105 e. The molecule has 13 heavy (non-hydrogen) atoms. The molecule has 1 fully saturated rings. The summed E-state index contributed by atoms with van der Waals surface area (Å²) in [5.41, 5.74) is 0. The first kappa shape index (κ1) is 11.0. The van der Waals surface area contributed by atoms with Crippen molar-refractivity contribution in [3.8, 4) is 0 Å². The van der Waals surface area contributed by atoms with Crippen LogP contribution in [0.15, 0.2) is 0 Å². The Morgan fingerprint density at radius 2 is 2.31 bits per heavy atom. The van der Waals surface area contributed by atoms with Gasteiger partial charge in [-0.2, -0.15) is 0 Å². The first-order valence-electron chi connectivity index (χ1n) is 5.78. The third-order valence-electron chi connectivity index (χ3n) is 2.93. The number of nitrogens with one attached hydrogen (secondary N) is 2. The molecule has 0 aliphatic carbocycles. The van der Waals surface area contributed by atoms with Crippen LogP contribution in [0.3, 0.4) is 0 Å². The average molecular weight is 184 g/mol. The monoisotopic (exact) mass is 184 g/mol. The summed E-state index contributed by atoms with van der Waals surface area (Å²) in [6.07, 6.45) is 5.39. The molecule has 78 valence electrons. The Labute approximate surface area is 82.5 Å². The lowest BCUT2D eigenvalue weighted by atomic mass is 9.93. The summed E-state index contributed by atoms with van der Waals surface area (Å²) in [6.45, 7) is 8.13. The van der Waals surface area contributed by atoms with Gasteiger partial charge in [0, 0.05) is 6.04 Å². The quantitative estimate of drug-likeness (QED) is 0.636. The second-order valence-corrected chi connectivity index (χ2v) is 4.24. The van der Waals surface area contributed by atoms with Crippen LogP contribution < -0.4 is 10.6 Å². The summed E-state index contributed by atoms with van der Waals surface area (Å²) in [6, 6.07) is 0.762. The highest BCUT2D eigenvalue weighted by atomic mass is 14.9. The Bertz CT molecular complexity index is 119. The first-order valence-corrected chi connectivity index (χ1v) is 5.78. The topological polar surface area (TPSA) is 24.1 Å². The van der Waals surface area contributed by atoms with Gasteiger partial charge < -0.3 is 10.6 Å². The molecule has 0 radical (unpaired) electrons. The molecular formula is C11H24N2. The van der Waals surface area contributed by atoms with Gasteiger partial charge in [0.25, 0.3) is 0 Å². The number of hydrogen-bond donors (Lipinski definition) is 2. The molecule has 0 spiro atoms. The fraction of sp³-hybridized carbons (Fsp3) is 1.00. The van der Waals surface area contributed by atoms with E-state index in [9.17, 15) is 0 Å². The summed E-state index contributed by atoms with van der Waals surface area (Å²) < 4.78 is 0. The smallest absolute Gasteiger partial charge is 0.0105 e. The van der Waals surface area contributed by atoms with E-state index in [1.54, 1.807) is 0 Å². The van der Waals surface area contributed by atoms with Gasteiger partial charge in [-0.3, -0.25) is 0 Å². The van der Waals surface area contributed by atoms with E-state index in [4.69, 9.17) is 0 Å². The van der Waals surface area contributed by atoms with Crippen molar-refractivity contribution in [1.82, 2.24) is 10.6 Å². The van der Waals surface area contributed by atoms with Crippen molar-refractivity contribution in [2.45, 2.75) is 45.6 Å². The van der Waals surface area contributed by atoms with Gasteiger partial charge in [-0.25, -0.2) is 0 Å². The lowest BCUT2D eigenvalue weighted by Gasteiger charge is -2.29. The highest BCUT2D eigenvalue weighted by Gasteiger charge is 2.18. The van der Waals surface area contributed by atoms with E-state index in [0.717, 1.165) is 18.5 Å². The molecule has 0 saturated carbocycles. The highest BCUT2D eigenvalue weighted by molar-refractivity contribution is 4.78. The normalized spacial score (nSPS) is 25.8. The minimum Gasteiger partial charge on any atom is -0.316 e. The second kappa shape index (κ2) is 6.39. The van der Waals surface area contributed by atoms with Crippen LogP contribution in [-0.2, 0) is 0 Å². The SMILES string of the molecule is CCCNC[C@@H](C)[C@H]1CCCCN1. The molecule has 0 aromatic heterocycles. The minimum absolute atomic E-state index is 0.762. The molecule has 1 rings (SSSR count). The summed E-state index contributed by atoms with van der Waals surface area (Å²) in [5, 5.41) is 7.10. The Kier molecular flexibility index (Phi) is 5.40. The molecule has 1 aliphatic heterocycles. The van der Waals surface area contributed by atoms with Gasteiger partial charge in [0.15, 0.2) is 0 Å². The van der Waals surface area contributed by atoms with E-state index in [1.165, 1.54) is 38.8 Å². The lowest BCUT2D eigenvalue weighted by Crippen LogP contribution is -2.42. The van der Waals surface area contributed by atoms with Gasteiger partial charge in [0.2, 0.25) is 0 Å². The van der Waals surface area contributed by atoms with Crippen LogP contribution >= 0.6 is 0 Å². The summed E-state index contributed by atoms with van der Waals surface area (Å²) in [7, 11) is 0. The van der Waals surface area contributed by atoms with Gasteiger partial charge in [-0.15, -0.1) is 0 Å². The molecule has 0 bridgehead atoms. The molecule has 2 atom stereocenters. The van der Waals surface area contributed by atoms with Gasteiger partial charge in [0.1, 0.15) is 0 Å². The Morgan fingerprint density at radius 1 is 1.46 bits per heavy atom. The van der Waals surface area contributed by atoms with E-state index in [-0.39, 0.29) is 0 Å². The van der Waals surface area contributed by atoms with E-state index < -0.39 is 0 Å². The van der Waals surface area contributed by atoms with Crippen LogP contribution in [-0.4, -0.2) is 25.7 Å². The summed E-state index contributed by atoms with van der Waals surface area (Å²) in [5.74, 6) is 0.784. The number of rotatable bonds is 5. The summed E-state index contributed by atoms with van der Waals surface area (Å²) >= 11 is 0. The van der Waals surface area contributed by atoms with Gasteiger partial charge in [-0.05, 0) is 44.8 Å². The molecule has 0 amide bonds. The lowest BCUT2D eigenvalue weighted by molar-refractivity contribution is 0.302. The number of hydrogen-bond acceptors (Lipinski definition) is 2. The van der Waals surface area contributed by atoms with Crippen LogP contribution in [0.1, 0.15) is 39.5 Å². The van der Waals surface area contributed by atoms with Gasteiger partial charge in [-0.1, -0.05) is 20.3 Å². The fourth-order valence-corrected chi connectivity index (χ4v) is 2.01. The van der Waals surface area contributed by atoms with Crippen LogP contribution in [0.5, 0.6) is 0 Å². The van der Waals surface area contributed by atoms with Gasteiger partial charge in [0.05, 0.1) is 0 Å². The fourth-order valence-electron chi connectivity index (χ4n) is 2.01.